The van der Waals surface area contributed by atoms with Crippen LogP contribution < -0.4 is 5.32 Å². The van der Waals surface area contributed by atoms with E-state index >= 15 is 0 Å². The smallest absolute Gasteiger partial charge is 0.248 e. The summed E-state index contributed by atoms with van der Waals surface area (Å²) in [4.78, 5) is 23.9. The van der Waals surface area contributed by atoms with Crippen molar-refractivity contribution < 1.29 is 9.59 Å². The number of aryl methyl sites for hydroxylation is 1. The van der Waals surface area contributed by atoms with Crippen LogP contribution in [-0.2, 0) is 11.3 Å². The number of hydrogen-bond donors (Lipinski definition) is 1. The van der Waals surface area contributed by atoms with Crippen LogP contribution in [0.3, 0.4) is 0 Å². The summed E-state index contributed by atoms with van der Waals surface area (Å²) in [5.41, 5.74) is 3.64. The fourth-order valence-electron chi connectivity index (χ4n) is 3.61. The van der Waals surface area contributed by atoms with E-state index in [-0.39, 0.29) is 11.7 Å². The zero-order chi connectivity index (χ0) is 22.7. The first-order chi connectivity index (χ1) is 15.4. The number of nitrogens with zero attached hydrogens (tertiary/aromatic N) is 2. The van der Waals surface area contributed by atoms with Gasteiger partial charge in [0, 0.05) is 22.9 Å². The van der Waals surface area contributed by atoms with E-state index in [1.807, 2.05) is 25.1 Å². The van der Waals surface area contributed by atoms with Crippen LogP contribution in [0.5, 0.6) is 0 Å². The van der Waals surface area contributed by atoms with E-state index in [9.17, 15) is 9.59 Å². The zero-order valence-corrected chi connectivity index (χ0v) is 18.6. The van der Waals surface area contributed by atoms with Crippen molar-refractivity contribution in [2.45, 2.75) is 20.4 Å². The largest absolute Gasteiger partial charge is 0.322 e. The molecule has 0 unspecified atom stereocenters. The average molecular weight is 444 g/mol. The van der Waals surface area contributed by atoms with Gasteiger partial charge in [0.1, 0.15) is 5.15 Å². The topological polar surface area (TPSA) is 64.0 Å². The minimum Gasteiger partial charge on any atom is -0.322 e. The molecule has 1 amide bonds. The van der Waals surface area contributed by atoms with Gasteiger partial charge in [-0.25, -0.2) is 4.68 Å². The molecule has 0 bridgehead atoms. The SMILES string of the molecule is CC(=O)c1cccc(NC(=O)C=Cc2c(C)nn(Cc3cccc4ccccc34)c2Cl)c1. The standard InChI is InChI=1S/C26H22ClN3O2/c1-17-23(13-14-25(32)28-22-11-6-9-20(15-22)18(2)31)26(27)30(29-17)16-21-10-5-8-19-7-3-4-12-24(19)21/h3-15H,16H2,1-2H3,(H,28,32). The Balaban J connectivity index is 1.53. The molecule has 32 heavy (non-hydrogen) atoms. The predicted molar refractivity (Wildman–Crippen MR) is 129 cm³/mol. The van der Waals surface area contributed by atoms with E-state index < -0.39 is 0 Å². The van der Waals surface area contributed by atoms with Gasteiger partial charge in [0.05, 0.1) is 12.2 Å². The number of halogens is 1. The van der Waals surface area contributed by atoms with Crippen LogP contribution in [0.1, 0.15) is 34.1 Å². The lowest BCUT2D eigenvalue weighted by Gasteiger charge is -2.08. The van der Waals surface area contributed by atoms with Crippen LogP contribution in [0.4, 0.5) is 5.69 Å². The van der Waals surface area contributed by atoms with Crippen molar-refractivity contribution in [2.75, 3.05) is 5.32 Å². The van der Waals surface area contributed by atoms with Crippen molar-refractivity contribution in [1.29, 1.82) is 0 Å². The van der Waals surface area contributed by atoms with E-state index in [1.54, 1.807) is 35.0 Å². The molecule has 1 N–H and O–H groups in total. The summed E-state index contributed by atoms with van der Waals surface area (Å²) < 4.78 is 1.74. The molecule has 6 heteroatoms. The molecular weight excluding hydrogens is 422 g/mol. The molecule has 0 saturated carbocycles. The minimum absolute atomic E-state index is 0.0577. The molecule has 0 atom stereocenters. The molecule has 0 spiro atoms. The third-order valence-corrected chi connectivity index (χ3v) is 5.65. The first-order valence-corrected chi connectivity index (χ1v) is 10.6. The second-order valence-electron chi connectivity index (χ2n) is 7.55. The van der Waals surface area contributed by atoms with Crippen molar-refractivity contribution in [3.8, 4) is 0 Å². The van der Waals surface area contributed by atoms with Gasteiger partial charge in [-0.1, -0.05) is 66.2 Å². The number of fused-ring (bicyclic) bond motifs is 1. The summed E-state index contributed by atoms with van der Waals surface area (Å²) in [7, 11) is 0. The Kier molecular flexibility index (Phi) is 6.19. The summed E-state index contributed by atoms with van der Waals surface area (Å²) in [6.45, 7) is 3.87. The normalized spacial score (nSPS) is 11.2. The summed E-state index contributed by atoms with van der Waals surface area (Å²) >= 11 is 6.61. The molecular formula is C26H22ClN3O2. The number of Topliss-reactive ketones (excluding diaryl/α,β-unsaturated/α-hetero) is 1. The molecule has 1 aromatic heterocycles. The van der Waals surface area contributed by atoms with Crippen LogP contribution in [0, 0.1) is 6.92 Å². The molecule has 4 rings (SSSR count). The maximum atomic E-state index is 12.4. The highest BCUT2D eigenvalue weighted by Gasteiger charge is 2.13. The highest BCUT2D eigenvalue weighted by Crippen LogP contribution is 2.25. The van der Waals surface area contributed by atoms with Crippen LogP contribution >= 0.6 is 11.6 Å². The molecule has 3 aromatic carbocycles. The Morgan fingerprint density at radius 1 is 1.06 bits per heavy atom. The number of nitrogens with one attached hydrogen (secondary N) is 1. The fourth-order valence-corrected chi connectivity index (χ4v) is 3.91. The molecule has 0 saturated heterocycles. The van der Waals surface area contributed by atoms with Crippen molar-refractivity contribution in [3.63, 3.8) is 0 Å². The second-order valence-corrected chi connectivity index (χ2v) is 7.90. The van der Waals surface area contributed by atoms with Gasteiger partial charge in [0.25, 0.3) is 0 Å². The summed E-state index contributed by atoms with van der Waals surface area (Å²) in [5.74, 6) is -0.374. The number of hydrogen-bond acceptors (Lipinski definition) is 3. The van der Waals surface area contributed by atoms with Crippen molar-refractivity contribution in [3.05, 3.63) is 100 Å². The number of benzene rings is 3. The Morgan fingerprint density at radius 2 is 1.81 bits per heavy atom. The van der Waals surface area contributed by atoms with Crippen LogP contribution in [-0.4, -0.2) is 21.5 Å². The zero-order valence-electron chi connectivity index (χ0n) is 17.8. The number of anilines is 1. The first-order valence-electron chi connectivity index (χ1n) is 10.2. The van der Waals surface area contributed by atoms with E-state index in [2.05, 4.69) is 34.7 Å². The summed E-state index contributed by atoms with van der Waals surface area (Å²) in [6, 6.07) is 21.2. The predicted octanol–water partition coefficient (Wildman–Crippen LogP) is 5.90. The van der Waals surface area contributed by atoms with E-state index in [0.717, 1.165) is 22.0 Å². The number of carbonyl (C=O) groups excluding carboxylic acids is 2. The van der Waals surface area contributed by atoms with Gasteiger partial charge >= 0.3 is 0 Å². The van der Waals surface area contributed by atoms with Crippen molar-refractivity contribution in [1.82, 2.24) is 9.78 Å². The molecule has 0 fully saturated rings. The molecule has 4 aromatic rings. The molecule has 0 aliphatic carbocycles. The molecule has 1 heterocycles. The van der Waals surface area contributed by atoms with Gasteiger partial charge in [-0.15, -0.1) is 0 Å². The highest BCUT2D eigenvalue weighted by atomic mass is 35.5. The lowest BCUT2D eigenvalue weighted by molar-refractivity contribution is -0.111. The maximum absolute atomic E-state index is 12.4. The Bertz CT molecular complexity index is 1350. The van der Waals surface area contributed by atoms with Crippen molar-refractivity contribution >= 4 is 45.8 Å². The first kappa shape index (κ1) is 21.5. The summed E-state index contributed by atoms with van der Waals surface area (Å²) in [6.07, 6.45) is 3.08. The fraction of sp³-hybridized carbons (Fsp3) is 0.115. The van der Waals surface area contributed by atoms with Gasteiger partial charge in [-0.2, -0.15) is 5.10 Å². The van der Waals surface area contributed by atoms with Gasteiger partial charge in [0.15, 0.2) is 5.78 Å². The van der Waals surface area contributed by atoms with Gasteiger partial charge < -0.3 is 5.32 Å². The third-order valence-electron chi connectivity index (χ3n) is 5.25. The molecule has 0 aliphatic rings. The summed E-state index contributed by atoms with van der Waals surface area (Å²) in [5, 5.41) is 10.1. The Labute approximate surface area is 191 Å². The van der Waals surface area contributed by atoms with E-state index in [0.29, 0.717) is 28.5 Å². The Hall–Kier alpha value is -3.70. The number of carbonyl (C=O) groups is 2. The highest BCUT2D eigenvalue weighted by molar-refractivity contribution is 6.31. The number of aromatic nitrogens is 2. The number of ketones is 1. The third kappa shape index (κ3) is 4.63. The van der Waals surface area contributed by atoms with Gasteiger partial charge in [-0.05, 0) is 48.4 Å². The van der Waals surface area contributed by atoms with Gasteiger partial charge in [0.2, 0.25) is 5.91 Å². The quantitative estimate of drug-likeness (QED) is 0.298. The van der Waals surface area contributed by atoms with E-state index in [4.69, 9.17) is 11.6 Å². The lowest BCUT2D eigenvalue weighted by atomic mass is 10.0. The Morgan fingerprint density at radius 3 is 2.62 bits per heavy atom. The maximum Gasteiger partial charge on any atom is 0.248 e. The number of rotatable bonds is 6. The van der Waals surface area contributed by atoms with E-state index in [1.165, 1.54) is 13.0 Å². The number of amides is 1. The molecule has 160 valence electrons. The molecule has 5 nitrogen and oxygen atoms in total. The average Bonchev–Trinajstić information content (AvgIpc) is 3.05. The van der Waals surface area contributed by atoms with Gasteiger partial charge in [-0.3, -0.25) is 9.59 Å². The van der Waals surface area contributed by atoms with Crippen molar-refractivity contribution in [2.24, 2.45) is 0 Å². The lowest BCUT2D eigenvalue weighted by Crippen LogP contribution is -2.08. The van der Waals surface area contributed by atoms with Crippen LogP contribution in [0.25, 0.3) is 16.8 Å². The molecule has 0 aliphatic heterocycles. The monoisotopic (exact) mass is 443 g/mol. The van der Waals surface area contributed by atoms with Crippen LogP contribution in [0.15, 0.2) is 72.8 Å². The minimum atomic E-state index is -0.317. The second kappa shape index (κ2) is 9.20. The van der Waals surface area contributed by atoms with Crippen LogP contribution in [0.2, 0.25) is 5.15 Å². The molecule has 0 radical (unpaired) electrons.